The van der Waals surface area contributed by atoms with Crippen LogP contribution in [-0.4, -0.2) is 20.3 Å². The van der Waals surface area contributed by atoms with E-state index < -0.39 is 0 Å². The van der Waals surface area contributed by atoms with Crippen molar-refractivity contribution in [2.75, 3.05) is 0 Å². The topological polar surface area (TPSA) is 51.9 Å². The molecule has 1 N–H and O–H groups in total. The normalized spacial score (nSPS) is 13.5. The van der Waals surface area contributed by atoms with Gasteiger partial charge >= 0.3 is 0 Å². The lowest BCUT2D eigenvalue weighted by molar-refractivity contribution is -0.124. The number of hydrogen-bond acceptors (Lipinski definition) is 2. The zero-order valence-electron chi connectivity index (χ0n) is 14.2. The van der Waals surface area contributed by atoms with Crippen molar-refractivity contribution in [1.82, 2.24) is 19.7 Å². The fourth-order valence-corrected chi connectivity index (χ4v) is 2.64. The molecule has 0 spiro atoms. The highest BCUT2D eigenvalue weighted by Gasteiger charge is 2.18. The van der Waals surface area contributed by atoms with Crippen molar-refractivity contribution in [1.29, 1.82) is 0 Å². The first-order chi connectivity index (χ1) is 11.5. The first-order valence-corrected chi connectivity index (χ1v) is 8.09. The summed E-state index contributed by atoms with van der Waals surface area (Å²) in [5, 5.41) is 7.28. The first kappa shape index (κ1) is 16.1. The van der Waals surface area contributed by atoms with Gasteiger partial charge in [0, 0.05) is 24.3 Å². The number of aromatic nitrogens is 3. The average molecular weight is 322 g/mol. The summed E-state index contributed by atoms with van der Waals surface area (Å²) in [5.41, 5.74) is 3.19. The summed E-state index contributed by atoms with van der Waals surface area (Å²) >= 11 is 0. The molecule has 5 nitrogen and oxygen atoms in total. The van der Waals surface area contributed by atoms with Crippen molar-refractivity contribution in [2.45, 2.75) is 32.9 Å². The number of benzene rings is 1. The predicted molar refractivity (Wildman–Crippen MR) is 94.0 cm³/mol. The van der Waals surface area contributed by atoms with E-state index in [1.807, 2.05) is 74.3 Å². The predicted octanol–water partition coefficient (Wildman–Crippen LogP) is 3.42. The molecule has 24 heavy (non-hydrogen) atoms. The van der Waals surface area contributed by atoms with E-state index >= 15 is 0 Å². The summed E-state index contributed by atoms with van der Waals surface area (Å²) in [6.45, 7) is 5.81. The van der Waals surface area contributed by atoms with Gasteiger partial charge in [0.2, 0.25) is 5.91 Å². The quantitative estimate of drug-likeness (QED) is 0.782. The summed E-state index contributed by atoms with van der Waals surface area (Å²) in [4.78, 5) is 12.5. The van der Waals surface area contributed by atoms with Gasteiger partial charge in [0.25, 0.3) is 0 Å². The number of nitrogens with zero attached hydrogens (tertiary/aromatic N) is 3. The third kappa shape index (κ3) is 3.40. The van der Waals surface area contributed by atoms with E-state index in [0.717, 1.165) is 16.8 Å². The van der Waals surface area contributed by atoms with Crippen LogP contribution in [0.4, 0.5) is 0 Å². The molecule has 0 aliphatic rings. The van der Waals surface area contributed by atoms with E-state index in [4.69, 9.17) is 0 Å². The summed E-state index contributed by atoms with van der Waals surface area (Å²) in [6.07, 6.45) is 7.64. The van der Waals surface area contributed by atoms with E-state index in [0.29, 0.717) is 0 Å². The summed E-state index contributed by atoms with van der Waals surface area (Å²) in [6, 6.07) is 11.7. The van der Waals surface area contributed by atoms with Crippen molar-refractivity contribution in [3.63, 3.8) is 0 Å². The van der Waals surface area contributed by atoms with E-state index in [-0.39, 0.29) is 18.0 Å². The standard InChI is InChI=1S/C19H22N4O/c1-14-12-20-23(13-14)16(3)19(24)21-15(2)17-7-6-8-18(11-17)22-9-4-5-10-22/h4-13,15-16H,1-3H3,(H,21,24). The smallest absolute Gasteiger partial charge is 0.245 e. The van der Waals surface area contributed by atoms with Crippen LogP contribution in [0.2, 0.25) is 0 Å². The van der Waals surface area contributed by atoms with E-state index in [9.17, 15) is 4.79 Å². The molecule has 2 aromatic heterocycles. The number of carbonyl (C=O) groups is 1. The van der Waals surface area contributed by atoms with Crippen LogP contribution >= 0.6 is 0 Å². The minimum atomic E-state index is -0.339. The Kier molecular flexibility index (Phi) is 4.51. The van der Waals surface area contributed by atoms with Crippen LogP contribution in [-0.2, 0) is 4.79 Å². The Bertz CT molecular complexity index is 820. The van der Waals surface area contributed by atoms with Crippen LogP contribution in [0.5, 0.6) is 0 Å². The number of amides is 1. The molecular formula is C19H22N4O. The fraction of sp³-hybridized carbons (Fsp3) is 0.263. The first-order valence-electron chi connectivity index (χ1n) is 8.09. The molecule has 1 amide bonds. The molecule has 124 valence electrons. The van der Waals surface area contributed by atoms with Crippen molar-refractivity contribution in [3.8, 4) is 5.69 Å². The Labute approximate surface area is 141 Å². The third-order valence-electron chi connectivity index (χ3n) is 4.14. The van der Waals surface area contributed by atoms with Crippen LogP contribution in [0.3, 0.4) is 0 Å². The average Bonchev–Trinajstić information content (AvgIpc) is 3.25. The van der Waals surface area contributed by atoms with Crippen LogP contribution in [0, 0.1) is 6.92 Å². The molecule has 3 rings (SSSR count). The number of aryl methyl sites for hydroxylation is 1. The molecule has 2 heterocycles. The van der Waals surface area contributed by atoms with Gasteiger partial charge < -0.3 is 9.88 Å². The molecule has 0 aliphatic carbocycles. The summed E-state index contributed by atoms with van der Waals surface area (Å²) < 4.78 is 3.74. The van der Waals surface area contributed by atoms with Crippen LogP contribution in [0.15, 0.2) is 61.2 Å². The Morgan fingerprint density at radius 1 is 1.17 bits per heavy atom. The third-order valence-corrected chi connectivity index (χ3v) is 4.14. The number of carbonyl (C=O) groups excluding carboxylic acids is 1. The molecular weight excluding hydrogens is 300 g/mol. The van der Waals surface area contributed by atoms with Gasteiger partial charge in [-0.05, 0) is 56.2 Å². The minimum absolute atomic E-state index is 0.0445. The van der Waals surface area contributed by atoms with Gasteiger partial charge in [0.05, 0.1) is 12.2 Å². The number of nitrogens with one attached hydrogen (secondary N) is 1. The van der Waals surface area contributed by atoms with Gasteiger partial charge in [-0.25, -0.2) is 0 Å². The fourth-order valence-electron chi connectivity index (χ4n) is 2.64. The highest BCUT2D eigenvalue weighted by atomic mass is 16.2. The molecule has 0 fully saturated rings. The van der Waals surface area contributed by atoms with Crippen LogP contribution in [0.25, 0.3) is 5.69 Å². The van der Waals surface area contributed by atoms with Gasteiger partial charge in [-0.15, -0.1) is 0 Å². The monoisotopic (exact) mass is 322 g/mol. The largest absolute Gasteiger partial charge is 0.348 e. The minimum Gasteiger partial charge on any atom is -0.348 e. The van der Waals surface area contributed by atoms with Crippen LogP contribution < -0.4 is 5.32 Å². The highest BCUT2D eigenvalue weighted by molar-refractivity contribution is 5.80. The zero-order chi connectivity index (χ0) is 17.1. The van der Waals surface area contributed by atoms with Crippen molar-refractivity contribution in [2.24, 2.45) is 0 Å². The van der Waals surface area contributed by atoms with E-state index in [1.165, 1.54) is 0 Å². The lowest BCUT2D eigenvalue weighted by Gasteiger charge is -2.19. The lowest BCUT2D eigenvalue weighted by Crippen LogP contribution is -2.33. The number of hydrogen-bond donors (Lipinski definition) is 1. The molecule has 0 radical (unpaired) electrons. The van der Waals surface area contributed by atoms with Gasteiger partial charge in [-0.1, -0.05) is 12.1 Å². The maximum Gasteiger partial charge on any atom is 0.245 e. The van der Waals surface area contributed by atoms with Gasteiger partial charge in [0.15, 0.2) is 0 Å². The number of rotatable bonds is 5. The SMILES string of the molecule is Cc1cnn(C(C)C(=O)NC(C)c2cccc(-n3cccc3)c2)c1. The molecule has 0 bridgehead atoms. The maximum absolute atomic E-state index is 12.5. The second-order valence-electron chi connectivity index (χ2n) is 6.09. The van der Waals surface area contributed by atoms with Gasteiger partial charge in [-0.2, -0.15) is 5.10 Å². The molecule has 3 aromatic rings. The molecule has 2 unspecified atom stereocenters. The molecule has 1 aromatic carbocycles. The Morgan fingerprint density at radius 2 is 1.92 bits per heavy atom. The van der Waals surface area contributed by atoms with Gasteiger partial charge in [-0.3, -0.25) is 9.48 Å². The lowest BCUT2D eigenvalue weighted by atomic mass is 10.1. The second kappa shape index (κ2) is 6.74. The molecule has 0 saturated heterocycles. The molecule has 5 heteroatoms. The summed E-state index contributed by atoms with van der Waals surface area (Å²) in [7, 11) is 0. The van der Waals surface area contributed by atoms with Gasteiger partial charge in [0.1, 0.15) is 6.04 Å². The van der Waals surface area contributed by atoms with Crippen LogP contribution in [0.1, 0.15) is 37.1 Å². The van der Waals surface area contributed by atoms with Crippen molar-refractivity contribution < 1.29 is 4.79 Å². The van der Waals surface area contributed by atoms with Crippen molar-refractivity contribution >= 4 is 5.91 Å². The molecule has 0 aliphatic heterocycles. The highest BCUT2D eigenvalue weighted by Crippen LogP contribution is 2.18. The molecule has 2 atom stereocenters. The van der Waals surface area contributed by atoms with E-state index in [1.54, 1.807) is 10.9 Å². The summed E-state index contributed by atoms with van der Waals surface area (Å²) in [5.74, 6) is -0.0445. The van der Waals surface area contributed by atoms with E-state index in [2.05, 4.69) is 16.5 Å². The molecule has 0 saturated carbocycles. The maximum atomic E-state index is 12.5. The second-order valence-corrected chi connectivity index (χ2v) is 6.09. The zero-order valence-corrected chi connectivity index (χ0v) is 14.2. The van der Waals surface area contributed by atoms with Crippen molar-refractivity contribution in [3.05, 3.63) is 72.3 Å². The Morgan fingerprint density at radius 3 is 2.58 bits per heavy atom. The Balaban J connectivity index is 1.71. The Hall–Kier alpha value is -2.82.